The average molecular weight is 245 g/mol. The van der Waals surface area contributed by atoms with Crippen LogP contribution in [0.15, 0.2) is 24.3 Å². The monoisotopic (exact) mass is 245 g/mol. The van der Waals surface area contributed by atoms with Crippen molar-refractivity contribution in [2.45, 2.75) is 19.9 Å². The molecule has 96 valence electrons. The molecule has 4 N–H and O–H groups in total. The van der Waals surface area contributed by atoms with Crippen molar-refractivity contribution in [2.24, 2.45) is 5.73 Å². The summed E-state index contributed by atoms with van der Waals surface area (Å²) in [5, 5.41) is 5.55. The maximum Gasteiger partial charge on any atom is 0.315 e. The van der Waals surface area contributed by atoms with E-state index in [-0.39, 0.29) is 12.1 Å². The van der Waals surface area contributed by atoms with Gasteiger partial charge in [-0.3, -0.25) is 0 Å². The first kappa shape index (κ1) is 14.1. The molecule has 1 unspecified atom stereocenters. The third-order valence-corrected chi connectivity index (χ3v) is 2.43. The predicted octanol–water partition coefficient (Wildman–Crippen LogP) is 1.38. The van der Waals surface area contributed by atoms with E-state index < -0.39 is 0 Å². The molecule has 1 aromatic carbocycles. The minimum Gasteiger partial charge on any atom is -0.338 e. The second kappa shape index (κ2) is 7.36. The van der Waals surface area contributed by atoms with Crippen molar-refractivity contribution in [3.8, 4) is 11.8 Å². The Bertz CT molecular complexity index is 442. The van der Waals surface area contributed by atoms with Crippen LogP contribution in [0.25, 0.3) is 0 Å². The van der Waals surface area contributed by atoms with Gasteiger partial charge in [-0.1, -0.05) is 24.0 Å². The molecule has 4 heteroatoms. The zero-order valence-corrected chi connectivity index (χ0v) is 10.8. The Morgan fingerprint density at radius 2 is 2.06 bits per heavy atom. The Morgan fingerprint density at radius 1 is 1.39 bits per heavy atom. The van der Waals surface area contributed by atoms with Crippen molar-refractivity contribution in [3.05, 3.63) is 35.4 Å². The second-order valence-corrected chi connectivity index (χ2v) is 3.85. The molecule has 0 heterocycles. The maximum atomic E-state index is 11.4. The molecule has 0 aromatic heterocycles. The highest BCUT2D eigenvalue weighted by molar-refractivity contribution is 5.74. The summed E-state index contributed by atoms with van der Waals surface area (Å²) in [4.78, 5) is 11.4. The Labute approximate surface area is 108 Å². The number of amides is 2. The molecule has 0 saturated carbocycles. The smallest absolute Gasteiger partial charge is 0.315 e. The van der Waals surface area contributed by atoms with Crippen molar-refractivity contribution in [2.75, 3.05) is 13.1 Å². The molecule has 0 aliphatic rings. The van der Waals surface area contributed by atoms with Crippen molar-refractivity contribution >= 4 is 6.03 Å². The molecular weight excluding hydrogens is 226 g/mol. The summed E-state index contributed by atoms with van der Waals surface area (Å²) in [5.41, 5.74) is 7.28. The molecule has 0 fully saturated rings. The quantitative estimate of drug-likeness (QED) is 0.704. The number of urea groups is 1. The molecule has 0 bridgehead atoms. The standard InChI is InChI=1S/C14H19N3O/c1-3-16-14(18)17-11(2)13-8-6-12(7-9-13)5-4-10-15/h6-9,11H,3,10,15H2,1-2H3,(H2,16,17,18). The number of hydrogen-bond donors (Lipinski definition) is 3. The van der Waals surface area contributed by atoms with Gasteiger partial charge in [0.05, 0.1) is 12.6 Å². The summed E-state index contributed by atoms with van der Waals surface area (Å²) >= 11 is 0. The van der Waals surface area contributed by atoms with Gasteiger partial charge in [0.15, 0.2) is 0 Å². The van der Waals surface area contributed by atoms with E-state index in [4.69, 9.17) is 5.73 Å². The van der Waals surface area contributed by atoms with Gasteiger partial charge in [-0.05, 0) is 31.5 Å². The normalized spacial score (nSPS) is 11.1. The van der Waals surface area contributed by atoms with Gasteiger partial charge in [-0.25, -0.2) is 4.79 Å². The molecule has 18 heavy (non-hydrogen) atoms. The Hall–Kier alpha value is -1.99. The van der Waals surface area contributed by atoms with E-state index in [1.807, 2.05) is 38.1 Å². The SMILES string of the molecule is CCNC(=O)NC(C)c1ccc(C#CCN)cc1. The number of hydrogen-bond acceptors (Lipinski definition) is 2. The third-order valence-electron chi connectivity index (χ3n) is 2.43. The molecule has 0 spiro atoms. The average Bonchev–Trinajstić information content (AvgIpc) is 2.37. The van der Waals surface area contributed by atoms with E-state index in [2.05, 4.69) is 22.5 Å². The van der Waals surface area contributed by atoms with Crippen LogP contribution in [0.4, 0.5) is 4.79 Å². The fourth-order valence-corrected chi connectivity index (χ4v) is 1.50. The largest absolute Gasteiger partial charge is 0.338 e. The van der Waals surface area contributed by atoms with E-state index in [0.29, 0.717) is 13.1 Å². The highest BCUT2D eigenvalue weighted by atomic mass is 16.2. The molecule has 1 atom stereocenters. The van der Waals surface area contributed by atoms with Gasteiger partial charge in [0.2, 0.25) is 0 Å². The Morgan fingerprint density at radius 3 is 2.61 bits per heavy atom. The van der Waals surface area contributed by atoms with E-state index in [1.54, 1.807) is 0 Å². The van der Waals surface area contributed by atoms with Crippen LogP contribution in [0.1, 0.15) is 31.0 Å². The first-order valence-electron chi connectivity index (χ1n) is 6.00. The number of nitrogens with two attached hydrogens (primary N) is 1. The van der Waals surface area contributed by atoms with Crippen LogP contribution in [0.2, 0.25) is 0 Å². The molecular formula is C14H19N3O. The molecule has 1 rings (SSSR count). The Kier molecular flexibility index (Phi) is 5.75. The summed E-state index contributed by atoms with van der Waals surface area (Å²) in [7, 11) is 0. The zero-order valence-electron chi connectivity index (χ0n) is 10.8. The first-order chi connectivity index (χ1) is 8.67. The fourth-order valence-electron chi connectivity index (χ4n) is 1.50. The number of benzene rings is 1. The number of rotatable bonds is 3. The molecule has 0 aliphatic carbocycles. The minimum absolute atomic E-state index is 0.0342. The lowest BCUT2D eigenvalue weighted by Gasteiger charge is -2.14. The lowest BCUT2D eigenvalue weighted by atomic mass is 10.1. The number of nitrogens with one attached hydrogen (secondary N) is 2. The topological polar surface area (TPSA) is 67.2 Å². The highest BCUT2D eigenvalue weighted by Gasteiger charge is 2.07. The lowest BCUT2D eigenvalue weighted by Crippen LogP contribution is -2.36. The van der Waals surface area contributed by atoms with Crippen LogP contribution in [0, 0.1) is 11.8 Å². The van der Waals surface area contributed by atoms with Crippen molar-refractivity contribution < 1.29 is 4.79 Å². The fraction of sp³-hybridized carbons (Fsp3) is 0.357. The van der Waals surface area contributed by atoms with Gasteiger partial charge >= 0.3 is 6.03 Å². The first-order valence-corrected chi connectivity index (χ1v) is 6.00. The van der Waals surface area contributed by atoms with E-state index >= 15 is 0 Å². The lowest BCUT2D eigenvalue weighted by molar-refractivity contribution is 0.238. The number of carbonyl (C=O) groups is 1. The van der Waals surface area contributed by atoms with Crippen LogP contribution >= 0.6 is 0 Å². The molecule has 1 aromatic rings. The summed E-state index contributed by atoms with van der Waals surface area (Å²) in [5.74, 6) is 5.76. The molecule has 0 aliphatic heterocycles. The molecule has 2 amide bonds. The zero-order chi connectivity index (χ0) is 13.4. The van der Waals surface area contributed by atoms with Gasteiger partial charge in [0.25, 0.3) is 0 Å². The predicted molar refractivity (Wildman–Crippen MR) is 73.0 cm³/mol. The van der Waals surface area contributed by atoms with Crippen LogP contribution in [0.5, 0.6) is 0 Å². The van der Waals surface area contributed by atoms with Gasteiger partial charge in [0, 0.05) is 12.1 Å². The summed E-state index contributed by atoms with van der Waals surface area (Å²) in [6.07, 6.45) is 0. The van der Waals surface area contributed by atoms with Gasteiger partial charge in [-0.15, -0.1) is 0 Å². The van der Waals surface area contributed by atoms with Crippen molar-refractivity contribution in [1.29, 1.82) is 0 Å². The highest BCUT2D eigenvalue weighted by Crippen LogP contribution is 2.12. The Balaban J connectivity index is 2.64. The van der Waals surface area contributed by atoms with Crippen LogP contribution in [0.3, 0.4) is 0 Å². The van der Waals surface area contributed by atoms with Gasteiger partial charge in [0.1, 0.15) is 0 Å². The molecule has 4 nitrogen and oxygen atoms in total. The van der Waals surface area contributed by atoms with E-state index in [1.165, 1.54) is 0 Å². The van der Waals surface area contributed by atoms with Crippen molar-refractivity contribution in [1.82, 2.24) is 10.6 Å². The van der Waals surface area contributed by atoms with E-state index in [0.717, 1.165) is 11.1 Å². The number of carbonyl (C=O) groups excluding carboxylic acids is 1. The van der Waals surface area contributed by atoms with Gasteiger partial charge < -0.3 is 16.4 Å². The van der Waals surface area contributed by atoms with Gasteiger partial charge in [-0.2, -0.15) is 0 Å². The summed E-state index contributed by atoms with van der Waals surface area (Å²) in [6.45, 7) is 4.80. The minimum atomic E-state index is -0.156. The van der Waals surface area contributed by atoms with Crippen LogP contribution < -0.4 is 16.4 Å². The summed E-state index contributed by atoms with van der Waals surface area (Å²) < 4.78 is 0. The maximum absolute atomic E-state index is 11.4. The third kappa shape index (κ3) is 4.48. The van der Waals surface area contributed by atoms with Crippen LogP contribution in [-0.2, 0) is 0 Å². The van der Waals surface area contributed by atoms with Crippen molar-refractivity contribution in [3.63, 3.8) is 0 Å². The second-order valence-electron chi connectivity index (χ2n) is 3.85. The molecule has 0 radical (unpaired) electrons. The summed E-state index contributed by atoms with van der Waals surface area (Å²) in [6, 6.07) is 7.57. The van der Waals surface area contributed by atoms with E-state index in [9.17, 15) is 4.79 Å². The molecule has 0 saturated heterocycles. The van der Waals surface area contributed by atoms with Crippen LogP contribution in [-0.4, -0.2) is 19.1 Å².